The highest BCUT2D eigenvalue weighted by Gasteiger charge is 2.26. The molecule has 1 aromatic carbocycles. The first-order valence-corrected chi connectivity index (χ1v) is 7.70. The lowest BCUT2D eigenvalue weighted by molar-refractivity contribution is -0.134. The van der Waals surface area contributed by atoms with Crippen LogP contribution in [0, 0.1) is 5.92 Å². The molecule has 5 heteroatoms. The first kappa shape index (κ1) is 16.5. The summed E-state index contributed by atoms with van der Waals surface area (Å²) in [6.07, 6.45) is 1.73. The van der Waals surface area contributed by atoms with Crippen LogP contribution in [0.5, 0.6) is 0 Å². The lowest BCUT2D eigenvalue weighted by Gasteiger charge is -2.31. The van der Waals surface area contributed by atoms with Crippen LogP contribution in [-0.2, 0) is 27.5 Å². The van der Waals surface area contributed by atoms with E-state index in [9.17, 15) is 9.59 Å². The zero-order chi connectivity index (χ0) is 15.9. The Balaban J connectivity index is 1.91. The Hall–Kier alpha value is -1.88. The molecule has 0 aromatic heterocycles. The largest absolute Gasteiger partial charge is 0.380 e. The standard InChI is InChI=1S/C17H24N2O3/c1-13(20)19-9-5-8-15(11-19)17(21)18-10-14-6-3-4-7-16(14)12-22-2/h3-4,6-7,15H,5,8-12H2,1-2H3,(H,18,21). The van der Waals surface area contributed by atoms with E-state index >= 15 is 0 Å². The van der Waals surface area contributed by atoms with E-state index in [0.29, 0.717) is 19.7 Å². The van der Waals surface area contributed by atoms with E-state index in [0.717, 1.165) is 30.5 Å². The van der Waals surface area contributed by atoms with Crippen molar-refractivity contribution in [3.05, 3.63) is 35.4 Å². The SMILES string of the molecule is COCc1ccccc1CNC(=O)C1CCCN(C(C)=O)C1. The fourth-order valence-corrected chi connectivity index (χ4v) is 2.83. The van der Waals surface area contributed by atoms with Gasteiger partial charge in [0.05, 0.1) is 12.5 Å². The first-order chi connectivity index (χ1) is 10.6. The van der Waals surface area contributed by atoms with Gasteiger partial charge in [-0.1, -0.05) is 24.3 Å². The molecule has 1 saturated heterocycles. The molecule has 0 radical (unpaired) electrons. The number of hydrogen-bond acceptors (Lipinski definition) is 3. The Morgan fingerprint density at radius 1 is 1.32 bits per heavy atom. The molecule has 2 rings (SSSR count). The van der Waals surface area contributed by atoms with Crippen molar-refractivity contribution in [3.8, 4) is 0 Å². The second-order valence-corrected chi connectivity index (χ2v) is 5.72. The fraction of sp³-hybridized carbons (Fsp3) is 0.529. The molecule has 1 aromatic rings. The predicted octanol–water partition coefficient (Wildman–Crippen LogP) is 1.71. The molecule has 1 N–H and O–H groups in total. The average molecular weight is 304 g/mol. The molecule has 1 aliphatic heterocycles. The average Bonchev–Trinajstić information content (AvgIpc) is 2.54. The molecular weight excluding hydrogens is 280 g/mol. The molecule has 0 saturated carbocycles. The molecule has 1 fully saturated rings. The van der Waals surface area contributed by atoms with Crippen LogP contribution in [0.2, 0.25) is 0 Å². The summed E-state index contributed by atoms with van der Waals surface area (Å²) in [4.78, 5) is 25.5. The molecular formula is C17H24N2O3. The summed E-state index contributed by atoms with van der Waals surface area (Å²) >= 11 is 0. The number of ether oxygens (including phenoxy) is 1. The molecule has 1 aliphatic rings. The summed E-state index contributed by atoms with van der Waals surface area (Å²) in [5.41, 5.74) is 2.15. The highest BCUT2D eigenvalue weighted by molar-refractivity contribution is 5.80. The fourth-order valence-electron chi connectivity index (χ4n) is 2.83. The number of piperidine rings is 1. The molecule has 1 atom stereocenters. The minimum atomic E-state index is -0.104. The van der Waals surface area contributed by atoms with Gasteiger partial charge in [-0.05, 0) is 24.0 Å². The van der Waals surface area contributed by atoms with Crippen molar-refractivity contribution in [2.24, 2.45) is 5.92 Å². The van der Waals surface area contributed by atoms with E-state index in [4.69, 9.17) is 4.74 Å². The van der Waals surface area contributed by atoms with Crippen LogP contribution < -0.4 is 5.32 Å². The molecule has 0 aliphatic carbocycles. The van der Waals surface area contributed by atoms with Crippen molar-refractivity contribution in [2.45, 2.75) is 32.9 Å². The summed E-state index contributed by atoms with van der Waals surface area (Å²) < 4.78 is 5.18. The van der Waals surface area contributed by atoms with Gasteiger partial charge in [0.25, 0.3) is 0 Å². The first-order valence-electron chi connectivity index (χ1n) is 7.70. The molecule has 1 heterocycles. The smallest absolute Gasteiger partial charge is 0.225 e. The van der Waals surface area contributed by atoms with Gasteiger partial charge in [0, 0.05) is 33.7 Å². The second-order valence-electron chi connectivity index (χ2n) is 5.72. The summed E-state index contributed by atoms with van der Waals surface area (Å²) in [7, 11) is 1.66. The van der Waals surface area contributed by atoms with Crippen LogP contribution in [0.4, 0.5) is 0 Å². The van der Waals surface area contributed by atoms with Gasteiger partial charge in [0.1, 0.15) is 0 Å². The Kier molecular flexibility index (Phi) is 5.95. The van der Waals surface area contributed by atoms with Gasteiger partial charge in [0.15, 0.2) is 0 Å². The predicted molar refractivity (Wildman–Crippen MR) is 84.0 cm³/mol. The highest BCUT2D eigenvalue weighted by Crippen LogP contribution is 2.17. The molecule has 2 amide bonds. The second kappa shape index (κ2) is 7.94. The van der Waals surface area contributed by atoms with E-state index < -0.39 is 0 Å². The number of likely N-dealkylation sites (tertiary alicyclic amines) is 1. The number of hydrogen-bond donors (Lipinski definition) is 1. The maximum Gasteiger partial charge on any atom is 0.225 e. The zero-order valence-corrected chi connectivity index (χ0v) is 13.3. The third kappa shape index (κ3) is 4.31. The third-order valence-corrected chi connectivity index (χ3v) is 4.11. The maximum atomic E-state index is 12.3. The molecule has 5 nitrogen and oxygen atoms in total. The lowest BCUT2D eigenvalue weighted by Crippen LogP contribution is -2.44. The van der Waals surface area contributed by atoms with Crippen molar-refractivity contribution in [1.82, 2.24) is 10.2 Å². The van der Waals surface area contributed by atoms with Gasteiger partial charge < -0.3 is 15.0 Å². The van der Waals surface area contributed by atoms with Gasteiger partial charge in [-0.15, -0.1) is 0 Å². The van der Waals surface area contributed by atoms with Crippen molar-refractivity contribution in [2.75, 3.05) is 20.2 Å². The molecule has 22 heavy (non-hydrogen) atoms. The van der Waals surface area contributed by atoms with Crippen molar-refractivity contribution < 1.29 is 14.3 Å². The van der Waals surface area contributed by atoms with E-state index in [1.54, 1.807) is 18.9 Å². The zero-order valence-electron chi connectivity index (χ0n) is 13.3. The van der Waals surface area contributed by atoms with Crippen molar-refractivity contribution >= 4 is 11.8 Å². The van der Waals surface area contributed by atoms with Crippen LogP contribution in [-0.4, -0.2) is 36.9 Å². The summed E-state index contributed by atoms with van der Waals surface area (Å²) in [5.74, 6) is -0.0339. The molecule has 1 unspecified atom stereocenters. The Morgan fingerprint density at radius 2 is 2.05 bits per heavy atom. The third-order valence-electron chi connectivity index (χ3n) is 4.11. The van der Waals surface area contributed by atoms with Gasteiger partial charge in [-0.2, -0.15) is 0 Å². The van der Waals surface area contributed by atoms with Crippen LogP contribution >= 0.6 is 0 Å². The number of rotatable bonds is 5. The van der Waals surface area contributed by atoms with Crippen molar-refractivity contribution in [1.29, 1.82) is 0 Å². The maximum absolute atomic E-state index is 12.3. The lowest BCUT2D eigenvalue weighted by atomic mass is 9.97. The Morgan fingerprint density at radius 3 is 2.73 bits per heavy atom. The topological polar surface area (TPSA) is 58.6 Å². The molecule has 120 valence electrons. The van der Waals surface area contributed by atoms with Gasteiger partial charge in [-0.25, -0.2) is 0 Å². The molecule has 0 bridgehead atoms. The number of amides is 2. The van der Waals surface area contributed by atoms with E-state index in [2.05, 4.69) is 5.32 Å². The van der Waals surface area contributed by atoms with Gasteiger partial charge in [-0.3, -0.25) is 9.59 Å². The Labute approximate surface area is 131 Å². The van der Waals surface area contributed by atoms with E-state index in [1.807, 2.05) is 24.3 Å². The van der Waals surface area contributed by atoms with Gasteiger partial charge in [0.2, 0.25) is 11.8 Å². The summed E-state index contributed by atoms with van der Waals surface area (Å²) in [5, 5.41) is 2.99. The summed E-state index contributed by atoms with van der Waals surface area (Å²) in [6, 6.07) is 7.92. The number of methoxy groups -OCH3 is 1. The minimum absolute atomic E-state index is 0.0261. The van der Waals surface area contributed by atoms with Gasteiger partial charge >= 0.3 is 0 Å². The highest BCUT2D eigenvalue weighted by atomic mass is 16.5. The Bertz CT molecular complexity index is 530. The number of nitrogens with zero attached hydrogens (tertiary/aromatic N) is 1. The van der Waals surface area contributed by atoms with E-state index in [1.165, 1.54) is 0 Å². The van der Waals surface area contributed by atoms with Crippen molar-refractivity contribution in [3.63, 3.8) is 0 Å². The normalized spacial score (nSPS) is 18.1. The number of carbonyl (C=O) groups is 2. The summed E-state index contributed by atoms with van der Waals surface area (Å²) in [6.45, 7) is 3.88. The van der Waals surface area contributed by atoms with Crippen LogP contribution in [0.1, 0.15) is 30.9 Å². The van der Waals surface area contributed by atoms with Crippen LogP contribution in [0.15, 0.2) is 24.3 Å². The minimum Gasteiger partial charge on any atom is -0.380 e. The number of benzene rings is 1. The monoisotopic (exact) mass is 304 g/mol. The molecule has 0 spiro atoms. The number of nitrogens with one attached hydrogen (secondary N) is 1. The quantitative estimate of drug-likeness (QED) is 0.901. The van der Waals surface area contributed by atoms with Crippen LogP contribution in [0.25, 0.3) is 0 Å². The van der Waals surface area contributed by atoms with E-state index in [-0.39, 0.29) is 17.7 Å². The number of carbonyl (C=O) groups excluding carboxylic acids is 2. The van der Waals surface area contributed by atoms with Crippen LogP contribution in [0.3, 0.4) is 0 Å².